The maximum atomic E-state index is 11.7. The first-order valence-corrected chi connectivity index (χ1v) is 7.71. The molecule has 6 heteroatoms. The van der Waals surface area contributed by atoms with Gasteiger partial charge >= 0.3 is 6.09 Å². The quantitative estimate of drug-likeness (QED) is 0.897. The Morgan fingerprint density at radius 1 is 1.55 bits per heavy atom. The number of nitrogens with one attached hydrogen (secondary N) is 1. The summed E-state index contributed by atoms with van der Waals surface area (Å²) < 4.78 is 5.24. The molecule has 6 nitrogen and oxygen atoms in total. The zero-order chi connectivity index (χ0) is 16.2. The third kappa shape index (κ3) is 4.79. The van der Waals surface area contributed by atoms with Gasteiger partial charge in [-0.15, -0.1) is 0 Å². The van der Waals surface area contributed by atoms with Crippen molar-refractivity contribution in [2.45, 2.75) is 39.2 Å². The maximum Gasteiger partial charge on any atom is 0.407 e. The molecule has 122 valence electrons. The first kappa shape index (κ1) is 16.4. The van der Waals surface area contributed by atoms with Gasteiger partial charge < -0.3 is 20.1 Å². The third-order valence-corrected chi connectivity index (χ3v) is 3.52. The molecule has 1 aliphatic rings. The molecule has 1 fully saturated rings. The fourth-order valence-corrected chi connectivity index (χ4v) is 2.60. The fraction of sp³-hybridized carbons (Fsp3) is 0.625. The average molecular weight is 307 g/mol. The Bertz CT molecular complexity index is 514. The van der Waals surface area contributed by atoms with Gasteiger partial charge in [-0.05, 0) is 51.7 Å². The number of carbonyl (C=O) groups is 1. The molecular weight excluding hydrogens is 282 g/mol. The molecule has 0 aliphatic carbocycles. The largest absolute Gasteiger partial charge is 0.504 e. The SMILES string of the molecule is CC(C)(C)OC(=O)NCC1CCCN(c2ncccc2O)C1. The summed E-state index contributed by atoms with van der Waals surface area (Å²) in [5.41, 5.74) is -0.484. The van der Waals surface area contributed by atoms with Crippen LogP contribution in [-0.4, -0.2) is 41.4 Å². The number of aromatic hydroxyl groups is 1. The van der Waals surface area contributed by atoms with Crippen molar-refractivity contribution < 1.29 is 14.6 Å². The molecule has 1 aliphatic heterocycles. The highest BCUT2D eigenvalue weighted by Crippen LogP contribution is 2.28. The first-order valence-electron chi connectivity index (χ1n) is 7.71. The highest BCUT2D eigenvalue weighted by molar-refractivity contribution is 5.67. The Labute approximate surface area is 131 Å². The van der Waals surface area contributed by atoms with Crippen LogP contribution in [-0.2, 0) is 4.74 Å². The van der Waals surface area contributed by atoms with E-state index in [2.05, 4.69) is 15.2 Å². The summed E-state index contributed by atoms with van der Waals surface area (Å²) in [6, 6.07) is 3.36. The first-order chi connectivity index (χ1) is 10.3. The number of hydrogen-bond donors (Lipinski definition) is 2. The molecule has 0 bridgehead atoms. The average Bonchev–Trinajstić information content (AvgIpc) is 2.44. The van der Waals surface area contributed by atoms with Gasteiger partial charge in [-0.3, -0.25) is 0 Å². The van der Waals surface area contributed by atoms with Gasteiger partial charge in [0.15, 0.2) is 11.6 Å². The second-order valence-corrected chi connectivity index (χ2v) is 6.68. The van der Waals surface area contributed by atoms with Crippen LogP contribution in [0.4, 0.5) is 10.6 Å². The summed E-state index contributed by atoms with van der Waals surface area (Å²) in [6.45, 7) is 7.74. The van der Waals surface area contributed by atoms with Crippen molar-refractivity contribution in [2.75, 3.05) is 24.5 Å². The number of pyridine rings is 1. The summed E-state index contributed by atoms with van der Waals surface area (Å²) in [7, 11) is 0. The Morgan fingerprint density at radius 3 is 3.00 bits per heavy atom. The minimum absolute atomic E-state index is 0.197. The van der Waals surface area contributed by atoms with E-state index in [0.717, 1.165) is 25.9 Å². The Hall–Kier alpha value is -1.98. The van der Waals surface area contributed by atoms with E-state index in [-0.39, 0.29) is 11.8 Å². The monoisotopic (exact) mass is 307 g/mol. The van der Waals surface area contributed by atoms with E-state index in [9.17, 15) is 9.90 Å². The van der Waals surface area contributed by atoms with Gasteiger partial charge in [0.1, 0.15) is 5.60 Å². The molecule has 1 atom stereocenters. The second-order valence-electron chi connectivity index (χ2n) is 6.68. The Balaban J connectivity index is 1.86. The molecule has 2 rings (SSSR count). The number of ether oxygens (including phenoxy) is 1. The van der Waals surface area contributed by atoms with E-state index in [0.29, 0.717) is 18.3 Å². The fourth-order valence-electron chi connectivity index (χ4n) is 2.60. The lowest BCUT2D eigenvalue weighted by atomic mass is 9.98. The summed E-state index contributed by atoms with van der Waals surface area (Å²) >= 11 is 0. The van der Waals surface area contributed by atoms with Crippen molar-refractivity contribution in [3.8, 4) is 5.75 Å². The van der Waals surface area contributed by atoms with Crippen molar-refractivity contribution in [2.24, 2.45) is 5.92 Å². The van der Waals surface area contributed by atoms with Crippen molar-refractivity contribution in [1.29, 1.82) is 0 Å². The molecule has 22 heavy (non-hydrogen) atoms. The smallest absolute Gasteiger partial charge is 0.407 e. The summed E-state index contributed by atoms with van der Waals surface area (Å²) in [5.74, 6) is 1.13. The zero-order valence-electron chi connectivity index (χ0n) is 13.5. The molecule has 0 spiro atoms. The highest BCUT2D eigenvalue weighted by atomic mass is 16.6. The minimum atomic E-state index is -0.484. The molecule has 1 unspecified atom stereocenters. The third-order valence-electron chi connectivity index (χ3n) is 3.52. The highest BCUT2D eigenvalue weighted by Gasteiger charge is 2.24. The molecule has 1 aromatic heterocycles. The van der Waals surface area contributed by atoms with E-state index in [1.165, 1.54) is 0 Å². The normalized spacial score (nSPS) is 18.9. The number of piperidine rings is 1. The van der Waals surface area contributed by atoms with Gasteiger partial charge in [0.2, 0.25) is 0 Å². The predicted molar refractivity (Wildman–Crippen MR) is 85.1 cm³/mol. The minimum Gasteiger partial charge on any atom is -0.504 e. The van der Waals surface area contributed by atoms with Crippen LogP contribution in [0.5, 0.6) is 5.75 Å². The number of aromatic nitrogens is 1. The molecule has 2 N–H and O–H groups in total. The molecule has 0 aromatic carbocycles. The summed E-state index contributed by atoms with van der Waals surface area (Å²) in [5, 5.41) is 12.7. The van der Waals surface area contributed by atoms with Crippen LogP contribution in [0.25, 0.3) is 0 Å². The summed E-state index contributed by atoms with van der Waals surface area (Å²) in [4.78, 5) is 18.0. The molecule has 1 aromatic rings. The van der Waals surface area contributed by atoms with Crippen molar-refractivity contribution >= 4 is 11.9 Å². The van der Waals surface area contributed by atoms with Gasteiger partial charge in [-0.25, -0.2) is 9.78 Å². The standard InChI is InChI=1S/C16H25N3O3/c1-16(2,3)22-15(21)18-10-12-6-5-9-19(11-12)14-13(20)7-4-8-17-14/h4,7-8,12,20H,5-6,9-11H2,1-3H3,(H,18,21). The zero-order valence-corrected chi connectivity index (χ0v) is 13.5. The van der Waals surface area contributed by atoms with Crippen molar-refractivity contribution in [3.63, 3.8) is 0 Å². The molecule has 2 heterocycles. The van der Waals surface area contributed by atoms with Gasteiger partial charge in [0, 0.05) is 25.8 Å². The van der Waals surface area contributed by atoms with E-state index in [1.807, 2.05) is 20.8 Å². The van der Waals surface area contributed by atoms with Crippen LogP contribution >= 0.6 is 0 Å². The lowest BCUT2D eigenvalue weighted by Gasteiger charge is -2.34. The van der Waals surface area contributed by atoms with Crippen LogP contribution < -0.4 is 10.2 Å². The van der Waals surface area contributed by atoms with Gasteiger partial charge in [-0.2, -0.15) is 0 Å². The van der Waals surface area contributed by atoms with E-state index >= 15 is 0 Å². The number of amides is 1. The van der Waals surface area contributed by atoms with E-state index < -0.39 is 5.60 Å². The Kier molecular flexibility index (Phi) is 5.11. The van der Waals surface area contributed by atoms with E-state index in [4.69, 9.17) is 4.74 Å². The molecule has 1 saturated heterocycles. The topological polar surface area (TPSA) is 74.7 Å². The van der Waals surface area contributed by atoms with E-state index in [1.54, 1.807) is 18.3 Å². The van der Waals surface area contributed by atoms with Crippen LogP contribution in [0, 0.1) is 5.92 Å². The lowest BCUT2D eigenvalue weighted by molar-refractivity contribution is 0.0517. The van der Waals surface area contributed by atoms with Crippen molar-refractivity contribution in [1.82, 2.24) is 10.3 Å². The number of alkyl carbamates (subject to hydrolysis) is 1. The molecule has 0 saturated carbocycles. The Morgan fingerprint density at radius 2 is 2.32 bits per heavy atom. The van der Waals surface area contributed by atoms with Gasteiger partial charge in [-0.1, -0.05) is 0 Å². The number of hydrogen-bond acceptors (Lipinski definition) is 5. The number of anilines is 1. The van der Waals surface area contributed by atoms with Gasteiger partial charge in [0.25, 0.3) is 0 Å². The predicted octanol–water partition coefficient (Wildman–Crippen LogP) is 2.53. The number of rotatable bonds is 3. The van der Waals surface area contributed by atoms with Crippen LogP contribution in [0.1, 0.15) is 33.6 Å². The number of carbonyl (C=O) groups excluding carboxylic acids is 1. The van der Waals surface area contributed by atoms with Crippen LogP contribution in [0.2, 0.25) is 0 Å². The number of nitrogens with zero attached hydrogens (tertiary/aromatic N) is 2. The molecule has 0 radical (unpaired) electrons. The molecular formula is C16H25N3O3. The van der Waals surface area contributed by atoms with Crippen molar-refractivity contribution in [3.05, 3.63) is 18.3 Å². The second kappa shape index (κ2) is 6.85. The van der Waals surface area contributed by atoms with Gasteiger partial charge in [0.05, 0.1) is 0 Å². The van der Waals surface area contributed by atoms with Crippen LogP contribution in [0.3, 0.4) is 0 Å². The van der Waals surface area contributed by atoms with Crippen LogP contribution in [0.15, 0.2) is 18.3 Å². The maximum absolute atomic E-state index is 11.7. The summed E-state index contributed by atoms with van der Waals surface area (Å²) in [6.07, 6.45) is 3.35. The lowest BCUT2D eigenvalue weighted by Crippen LogP contribution is -2.42. The molecule has 1 amide bonds.